The van der Waals surface area contributed by atoms with Gasteiger partial charge in [0, 0.05) is 42.3 Å². The van der Waals surface area contributed by atoms with Gasteiger partial charge in [0.1, 0.15) is 5.82 Å². The third-order valence-electron chi connectivity index (χ3n) is 5.09. The zero-order valence-electron chi connectivity index (χ0n) is 15.8. The summed E-state index contributed by atoms with van der Waals surface area (Å²) in [7, 11) is 0. The number of carbonyl (C=O) groups is 1. The van der Waals surface area contributed by atoms with Crippen molar-refractivity contribution in [2.24, 2.45) is 5.73 Å². The summed E-state index contributed by atoms with van der Waals surface area (Å²) >= 11 is 0. The number of aryl methyl sites for hydroxylation is 1. The Labute approximate surface area is 164 Å². The molecule has 1 aromatic heterocycles. The second kappa shape index (κ2) is 8.27. The molecule has 2 aromatic carbocycles. The topological polar surface area (TPSA) is 85.0 Å². The van der Waals surface area contributed by atoms with Crippen LogP contribution in [0.2, 0.25) is 0 Å². The molecule has 1 aliphatic heterocycles. The Kier molecular flexibility index (Phi) is 5.39. The van der Waals surface area contributed by atoms with Gasteiger partial charge < -0.3 is 20.9 Å². The molecule has 3 aromatic rings. The van der Waals surface area contributed by atoms with Crippen molar-refractivity contribution in [3.05, 3.63) is 72.1 Å². The van der Waals surface area contributed by atoms with Crippen LogP contribution in [0, 0.1) is 0 Å². The van der Waals surface area contributed by atoms with E-state index >= 15 is 0 Å². The van der Waals surface area contributed by atoms with Crippen molar-refractivity contribution in [3.63, 3.8) is 0 Å². The Morgan fingerprint density at radius 2 is 2.00 bits per heavy atom. The summed E-state index contributed by atoms with van der Waals surface area (Å²) in [5, 5.41) is 5.73. The number of benzene rings is 2. The summed E-state index contributed by atoms with van der Waals surface area (Å²) in [4.78, 5) is 16.9. The average Bonchev–Trinajstić information content (AvgIpc) is 3.17. The maximum Gasteiger partial charge on any atom is 0.319 e. The number of imidazole rings is 1. The predicted octanol–water partition coefficient (Wildman–Crippen LogP) is 3.71. The lowest BCUT2D eigenvalue weighted by atomic mass is 10.1. The number of hydrogen-bond acceptors (Lipinski definition) is 3. The number of fused-ring (bicyclic) bond motifs is 1. The van der Waals surface area contributed by atoms with Crippen molar-refractivity contribution in [1.29, 1.82) is 0 Å². The minimum Gasteiger partial charge on any atom is -0.336 e. The highest BCUT2D eigenvalue weighted by Gasteiger charge is 2.15. The standard InChI is InChI=1S/C22H25N5O/c23-20(16-7-2-1-3-8-16)15-25-22(28)26-18-10-6-9-17(13-18)21-24-14-19-11-4-5-12-27(19)21/h1-3,6-10,13-14,20H,4-5,11-12,15,23H2,(H2,25,26,28). The van der Waals surface area contributed by atoms with Gasteiger partial charge in [-0.1, -0.05) is 42.5 Å². The third kappa shape index (κ3) is 4.07. The van der Waals surface area contributed by atoms with E-state index in [4.69, 9.17) is 5.73 Å². The van der Waals surface area contributed by atoms with Gasteiger partial charge in [-0.3, -0.25) is 0 Å². The molecular formula is C22H25N5O. The predicted molar refractivity (Wildman–Crippen MR) is 111 cm³/mol. The fourth-order valence-corrected chi connectivity index (χ4v) is 3.60. The molecule has 0 aliphatic carbocycles. The van der Waals surface area contributed by atoms with Gasteiger partial charge in [0.05, 0.1) is 0 Å². The molecule has 1 atom stereocenters. The van der Waals surface area contributed by atoms with Gasteiger partial charge in [0.15, 0.2) is 0 Å². The van der Waals surface area contributed by atoms with Crippen molar-refractivity contribution in [1.82, 2.24) is 14.9 Å². The number of hydrogen-bond donors (Lipinski definition) is 3. The molecule has 0 spiro atoms. The van der Waals surface area contributed by atoms with Gasteiger partial charge in [-0.05, 0) is 37.0 Å². The summed E-state index contributed by atoms with van der Waals surface area (Å²) < 4.78 is 2.28. The summed E-state index contributed by atoms with van der Waals surface area (Å²) in [6.45, 7) is 1.36. The van der Waals surface area contributed by atoms with E-state index in [-0.39, 0.29) is 12.1 Å². The molecule has 2 amide bonds. The van der Waals surface area contributed by atoms with Crippen LogP contribution in [-0.2, 0) is 13.0 Å². The van der Waals surface area contributed by atoms with Crippen LogP contribution in [0.5, 0.6) is 0 Å². The summed E-state index contributed by atoms with van der Waals surface area (Å²) in [5.41, 5.74) is 10.2. The fraction of sp³-hybridized carbons (Fsp3) is 0.273. The number of nitrogens with one attached hydrogen (secondary N) is 2. The Balaban J connectivity index is 1.39. The van der Waals surface area contributed by atoms with Gasteiger partial charge >= 0.3 is 6.03 Å². The zero-order chi connectivity index (χ0) is 19.3. The normalized spacial score (nSPS) is 14.2. The highest BCUT2D eigenvalue weighted by atomic mass is 16.2. The molecule has 1 unspecified atom stereocenters. The van der Waals surface area contributed by atoms with Crippen LogP contribution >= 0.6 is 0 Å². The monoisotopic (exact) mass is 375 g/mol. The molecule has 144 valence electrons. The molecule has 4 rings (SSSR count). The summed E-state index contributed by atoms with van der Waals surface area (Å²) in [6.07, 6.45) is 5.44. The second-order valence-electron chi connectivity index (χ2n) is 7.11. The summed E-state index contributed by atoms with van der Waals surface area (Å²) in [6, 6.07) is 17.0. The lowest BCUT2D eigenvalue weighted by Gasteiger charge is -2.17. The van der Waals surface area contributed by atoms with Crippen molar-refractivity contribution in [2.45, 2.75) is 31.8 Å². The Morgan fingerprint density at radius 1 is 1.14 bits per heavy atom. The van der Waals surface area contributed by atoms with E-state index < -0.39 is 0 Å². The molecule has 0 bridgehead atoms. The first-order chi connectivity index (χ1) is 13.7. The first-order valence-corrected chi connectivity index (χ1v) is 9.71. The van der Waals surface area contributed by atoms with Crippen LogP contribution in [0.4, 0.5) is 10.5 Å². The number of amides is 2. The number of rotatable bonds is 5. The second-order valence-corrected chi connectivity index (χ2v) is 7.11. The Morgan fingerprint density at radius 3 is 2.86 bits per heavy atom. The van der Waals surface area contributed by atoms with E-state index in [0.717, 1.165) is 35.6 Å². The zero-order valence-corrected chi connectivity index (χ0v) is 15.8. The van der Waals surface area contributed by atoms with E-state index in [1.54, 1.807) is 0 Å². The minimum absolute atomic E-state index is 0.241. The van der Waals surface area contributed by atoms with Gasteiger partial charge in [0.25, 0.3) is 0 Å². The SMILES string of the molecule is NC(CNC(=O)Nc1cccc(-c2ncc3n2CCCC3)c1)c1ccccc1. The maximum atomic E-state index is 12.3. The van der Waals surface area contributed by atoms with Crippen molar-refractivity contribution in [2.75, 3.05) is 11.9 Å². The summed E-state index contributed by atoms with van der Waals surface area (Å²) in [5.74, 6) is 0.963. The van der Waals surface area contributed by atoms with E-state index in [2.05, 4.69) is 20.2 Å². The van der Waals surface area contributed by atoms with Crippen LogP contribution in [0.15, 0.2) is 60.8 Å². The van der Waals surface area contributed by atoms with Crippen LogP contribution in [-0.4, -0.2) is 22.1 Å². The highest BCUT2D eigenvalue weighted by Crippen LogP contribution is 2.26. The molecule has 0 radical (unpaired) electrons. The molecule has 6 nitrogen and oxygen atoms in total. The van der Waals surface area contributed by atoms with Crippen molar-refractivity contribution in [3.8, 4) is 11.4 Å². The van der Waals surface area contributed by atoms with Crippen LogP contribution < -0.4 is 16.4 Å². The number of urea groups is 1. The Hall–Kier alpha value is -3.12. The first kappa shape index (κ1) is 18.3. The number of carbonyl (C=O) groups excluding carboxylic acids is 1. The van der Waals surface area contributed by atoms with Crippen LogP contribution in [0.1, 0.15) is 30.1 Å². The van der Waals surface area contributed by atoms with Gasteiger partial charge in [-0.25, -0.2) is 9.78 Å². The number of aromatic nitrogens is 2. The molecule has 28 heavy (non-hydrogen) atoms. The molecule has 2 heterocycles. The van der Waals surface area contributed by atoms with Crippen LogP contribution in [0.3, 0.4) is 0 Å². The van der Waals surface area contributed by atoms with Gasteiger partial charge in [-0.2, -0.15) is 0 Å². The van der Waals surface area contributed by atoms with Crippen molar-refractivity contribution >= 4 is 11.7 Å². The maximum absolute atomic E-state index is 12.3. The van der Waals surface area contributed by atoms with E-state index in [1.807, 2.05) is 60.8 Å². The van der Waals surface area contributed by atoms with Crippen LogP contribution in [0.25, 0.3) is 11.4 Å². The molecule has 6 heteroatoms. The largest absolute Gasteiger partial charge is 0.336 e. The molecule has 1 aliphatic rings. The number of nitrogens with zero attached hydrogens (tertiary/aromatic N) is 2. The first-order valence-electron chi connectivity index (χ1n) is 9.71. The number of nitrogens with two attached hydrogens (primary N) is 1. The molecule has 0 saturated carbocycles. The Bertz CT molecular complexity index is 951. The lowest BCUT2D eigenvalue weighted by molar-refractivity contribution is 0.251. The quantitative estimate of drug-likeness (QED) is 0.635. The lowest BCUT2D eigenvalue weighted by Crippen LogP contribution is -2.34. The average molecular weight is 375 g/mol. The van der Waals surface area contributed by atoms with Gasteiger partial charge in [0.2, 0.25) is 0 Å². The van der Waals surface area contributed by atoms with Gasteiger partial charge in [-0.15, -0.1) is 0 Å². The van der Waals surface area contributed by atoms with Crippen molar-refractivity contribution < 1.29 is 4.79 Å². The van der Waals surface area contributed by atoms with E-state index in [1.165, 1.54) is 18.5 Å². The smallest absolute Gasteiger partial charge is 0.319 e. The molecule has 0 saturated heterocycles. The van der Waals surface area contributed by atoms with E-state index in [0.29, 0.717) is 6.54 Å². The molecule has 4 N–H and O–H groups in total. The fourth-order valence-electron chi connectivity index (χ4n) is 3.60. The molecule has 0 fully saturated rings. The highest BCUT2D eigenvalue weighted by molar-refractivity contribution is 5.90. The third-order valence-corrected chi connectivity index (χ3v) is 5.09. The minimum atomic E-state index is -0.270. The van der Waals surface area contributed by atoms with E-state index in [9.17, 15) is 4.79 Å². The molecular weight excluding hydrogens is 350 g/mol. The number of anilines is 1.